The molecule has 31 heavy (non-hydrogen) atoms. The third-order valence-electron chi connectivity index (χ3n) is 5.19. The van der Waals surface area contributed by atoms with E-state index in [4.69, 9.17) is 0 Å². The van der Waals surface area contributed by atoms with E-state index in [1.807, 2.05) is 6.07 Å². The molecule has 166 valence electrons. The Morgan fingerprint density at radius 3 is 2.29 bits per heavy atom. The molecule has 0 aromatic heterocycles. The number of anilines is 1. The lowest BCUT2D eigenvalue weighted by molar-refractivity contribution is -0.136. The van der Waals surface area contributed by atoms with Gasteiger partial charge >= 0.3 is 11.8 Å². The Hall–Kier alpha value is -2.23. The second kappa shape index (κ2) is 10.9. The molecule has 1 aliphatic carbocycles. The van der Waals surface area contributed by atoms with Gasteiger partial charge in [-0.15, -0.1) is 0 Å². The zero-order valence-corrected chi connectivity index (χ0v) is 19.5. The molecule has 3 rings (SSSR count). The SMILES string of the molecule is O=C(NCCc1ccc(S(=O)(=O)NC2CCCCC2)cc1)C(=O)Nc1ccccc1Br. The number of para-hydroxylation sites is 1. The summed E-state index contributed by atoms with van der Waals surface area (Å²) in [7, 11) is -3.53. The lowest BCUT2D eigenvalue weighted by Gasteiger charge is -2.22. The monoisotopic (exact) mass is 507 g/mol. The summed E-state index contributed by atoms with van der Waals surface area (Å²) in [6.07, 6.45) is 5.51. The molecule has 2 aromatic rings. The average Bonchev–Trinajstić information content (AvgIpc) is 2.76. The average molecular weight is 508 g/mol. The Balaban J connectivity index is 1.47. The van der Waals surface area contributed by atoms with E-state index < -0.39 is 21.8 Å². The molecule has 0 atom stereocenters. The number of hydrogen-bond donors (Lipinski definition) is 3. The van der Waals surface area contributed by atoms with Crippen LogP contribution in [-0.2, 0) is 26.0 Å². The van der Waals surface area contributed by atoms with E-state index >= 15 is 0 Å². The van der Waals surface area contributed by atoms with Crippen molar-refractivity contribution in [3.05, 3.63) is 58.6 Å². The van der Waals surface area contributed by atoms with Crippen LogP contribution in [0.1, 0.15) is 37.7 Å². The molecule has 1 fully saturated rings. The van der Waals surface area contributed by atoms with Crippen LogP contribution in [0.5, 0.6) is 0 Å². The van der Waals surface area contributed by atoms with Crippen molar-refractivity contribution in [1.29, 1.82) is 0 Å². The Bertz CT molecular complexity index is 1020. The summed E-state index contributed by atoms with van der Waals surface area (Å²) in [5, 5.41) is 5.12. The van der Waals surface area contributed by atoms with E-state index in [2.05, 4.69) is 31.3 Å². The topological polar surface area (TPSA) is 104 Å². The van der Waals surface area contributed by atoms with Gasteiger partial charge in [0.2, 0.25) is 10.0 Å². The Labute approximate surface area is 191 Å². The van der Waals surface area contributed by atoms with Crippen molar-refractivity contribution >= 4 is 43.5 Å². The minimum Gasteiger partial charge on any atom is -0.347 e. The summed E-state index contributed by atoms with van der Waals surface area (Å²) >= 11 is 3.31. The summed E-state index contributed by atoms with van der Waals surface area (Å²) in [6.45, 7) is 0.259. The Morgan fingerprint density at radius 2 is 1.61 bits per heavy atom. The molecule has 0 bridgehead atoms. The molecule has 0 heterocycles. The molecule has 0 aliphatic heterocycles. The van der Waals surface area contributed by atoms with Gasteiger partial charge in [-0.3, -0.25) is 9.59 Å². The van der Waals surface area contributed by atoms with Gasteiger partial charge in [-0.05, 0) is 65.0 Å². The number of hydrogen-bond acceptors (Lipinski definition) is 4. The van der Waals surface area contributed by atoms with Crippen molar-refractivity contribution in [2.24, 2.45) is 0 Å². The van der Waals surface area contributed by atoms with Gasteiger partial charge in [0.1, 0.15) is 0 Å². The van der Waals surface area contributed by atoms with Crippen molar-refractivity contribution in [1.82, 2.24) is 10.0 Å². The predicted molar refractivity (Wildman–Crippen MR) is 123 cm³/mol. The summed E-state index contributed by atoms with van der Waals surface area (Å²) in [5.74, 6) is -1.48. The molecule has 0 spiro atoms. The summed E-state index contributed by atoms with van der Waals surface area (Å²) in [5.41, 5.74) is 1.38. The van der Waals surface area contributed by atoms with E-state index in [-0.39, 0.29) is 17.5 Å². The van der Waals surface area contributed by atoms with Crippen LogP contribution in [0.25, 0.3) is 0 Å². The number of carbonyl (C=O) groups excluding carboxylic acids is 2. The minimum absolute atomic E-state index is 0.0105. The number of sulfonamides is 1. The minimum atomic E-state index is -3.53. The lowest BCUT2D eigenvalue weighted by atomic mass is 9.96. The third kappa shape index (κ3) is 6.88. The van der Waals surface area contributed by atoms with Crippen molar-refractivity contribution in [3.63, 3.8) is 0 Å². The standard InChI is InChI=1S/C22H26BrN3O4S/c23-19-8-4-5-9-20(19)25-22(28)21(27)24-15-14-16-10-12-18(13-11-16)31(29,30)26-17-6-2-1-3-7-17/h4-5,8-13,17,26H,1-3,6-7,14-15H2,(H,24,27)(H,25,28). The quantitative estimate of drug-likeness (QED) is 0.499. The molecule has 1 aliphatic rings. The highest BCUT2D eigenvalue weighted by atomic mass is 79.9. The summed E-state index contributed by atoms with van der Waals surface area (Å²) in [4.78, 5) is 24.2. The molecule has 2 aromatic carbocycles. The maximum absolute atomic E-state index is 12.5. The van der Waals surface area contributed by atoms with Gasteiger partial charge in [0, 0.05) is 17.1 Å². The zero-order valence-electron chi connectivity index (χ0n) is 17.1. The molecule has 3 N–H and O–H groups in total. The number of amides is 2. The number of benzene rings is 2. The van der Waals surface area contributed by atoms with Crippen LogP contribution in [0.15, 0.2) is 57.9 Å². The van der Waals surface area contributed by atoms with E-state index in [1.54, 1.807) is 42.5 Å². The molecule has 0 unspecified atom stereocenters. The van der Waals surface area contributed by atoms with Crippen molar-refractivity contribution in [2.45, 2.75) is 49.5 Å². The number of halogens is 1. The van der Waals surface area contributed by atoms with Crippen molar-refractivity contribution in [3.8, 4) is 0 Å². The van der Waals surface area contributed by atoms with E-state index in [0.717, 1.165) is 37.7 Å². The van der Waals surface area contributed by atoms with Crippen LogP contribution in [0.4, 0.5) is 5.69 Å². The largest absolute Gasteiger partial charge is 0.347 e. The van der Waals surface area contributed by atoms with E-state index in [1.165, 1.54) is 0 Å². The fourth-order valence-electron chi connectivity index (χ4n) is 3.49. The first-order valence-corrected chi connectivity index (χ1v) is 12.6. The molecule has 1 saturated carbocycles. The van der Waals surface area contributed by atoms with Gasteiger partial charge in [0.25, 0.3) is 0 Å². The van der Waals surface area contributed by atoms with Gasteiger partial charge in [-0.2, -0.15) is 0 Å². The number of nitrogens with one attached hydrogen (secondary N) is 3. The van der Waals surface area contributed by atoms with Crippen molar-refractivity contribution < 1.29 is 18.0 Å². The number of rotatable bonds is 7. The smallest absolute Gasteiger partial charge is 0.313 e. The van der Waals surface area contributed by atoms with Gasteiger partial charge in [0.15, 0.2) is 0 Å². The van der Waals surface area contributed by atoms with Crippen LogP contribution in [0.3, 0.4) is 0 Å². The first-order chi connectivity index (χ1) is 14.8. The molecular weight excluding hydrogens is 482 g/mol. The zero-order chi connectivity index (χ0) is 22.3. The van der Waals surface area contributed by atoms with Gasteiger partial charge in [-0.1, -0.05) is 43.5 Å². The highest BCUT2D eigenvalue weighted by Gasteiger charge is 2.21. The van der Waals surface area contributed by atoms with E-state index in [9.17, 15) is 18.0 Å². The molecule has 0 radical (unpaired) electrons. The fraction of sp³-hybridized carbons (Fsp3) is 0.364. The van der Waals surface area contributed by atoms with Crippen molar-refractivity contribution in [2.75, 3.05) is 11.9 Å². The highest BCUT2D eigenvalue weighted by molar-refractivity contribution is 9.10. The third-order valence-corrected chi connectivity index (χ3v) is 7.42. The van der Waals surface area contributed by atoms with Gasteiger partial charge in [0.05, 0.1) is 10.6 Å². The van der Waals surface area contributed by atoms with Gasteiger partial charge < -0.3 is 10.6 Å². The second-order valence-electron chi connectivity index (χ2n) is 7.54. The lowest BCUT2D eigenvalue weighted by Crippen LogP contribution is -2.36. The van der Waals surface area contributed by atoms with Crippen LogP contribution in [-0.4, -0.2) is 32.8 Å². The molecule has 7 nitrogen and oxygen atoms in total. The van der Waals surface area contributed by atoms with Crippen LogP contribution in [0.2, 0.25) is 0 Å². The fourth-order valence-corrected chi connectivity index (χ4v) is 5.17. The van der Waals surface area contributed by atoms with Crippen LogP contribution >= 0.6 is 15.9 Å². The second-order valence-corrected chi connectivity index (χ2v) is 10.1. The summed E-state index contributed by atoms with van der Waals surface area (Å²) < 4.78 is 28.6. The summed E-state index contributed by atoms with van der Waals surface area (Å²) in [6, 6.07) is 13.6. The maximum atomic E-state index is 12.5. The molecular formula is C22H26BrN3O4S. The Morgan fingerprint density at radius 1 is 0.935 bits per heavy atom. The Kier molecular flexibility index (Phi) is 8.22. The van der Waals surface area contributed by atoms with Crippen LogP contribution in [0, 0.1) is 0 Å². The highest BCUT2D eigenvalue weighted by Crippen LogP contribution is 2.21. The first kappa shape index (κ1) is 23.4. The first-order valence-electron chi connectivity index (χ1n) is 10.3. The molecule has 9 heteroatoms. The number of carbonyl (C=O) groups is 2. The van der Waals surface area contributed by atoms with E-state index in [0.29, 0.717) is 16.6 Å². The molecule has 0 saturated heterocycles. The van der Waals surface area contributed by atoms with Crippen LogP contribution < -0.4 is 15.4 Å². The normalized spacial score (nSPS) is 14.7. The van der Waals surface area contributed by atoms with Gasteiger partial charge in [-0.25, -0.2) is 13.1 Å². The molecule has 2 amide bonds. The maximum Gasteiger partial charge on any atom is 0.313 e. The predicted octanol–water partition coefficient (Wildman–Crippen LogP) is 3.36.